The van der Waals surface area contributed by atoms with Crippen LogP contribution in [0.4, 0.5) is 0 Å². The Bertz CT molecular complexity index is 998. The summed E-state index contributed by atoms with van der Waals surface area (Å²) in [5.41, 5.74) is 7.21. The smallest absolute Gasteiger partial charge is 0.303 e. The van der Waals surface area contributed by atoms with E-state index in [0.29, 0.717) is 0 Å². The molecular formula is C20H15NO2. The summed E-state index contributed by atoms with van der Waals surface area (Å²) < 4.78 is 2.23. The van der Waals surface area contributed by atoms with E-state index in [4.69, 9.17) is 0 Å². The number of para-hydroxylation sites is 1. The molecule has 1 aromatic carbocycles. The van der Waals surface area contributed by atoms with Gasteiger partial charge in [0.1, 0.15) is 0 Å². The van der Waals surface area contributed by atoms with Crippen LogP contribution in [0.5, 0.6) is 0 Å². The maximum absolute atomic E-state index is 11.3. The molecule has 2 heterocycles. The standard InChI is InChI=1S/C20H15NO2/c22-19(23)10-13-5-3-6-15-16-8-14(16)11-21-17-7-2-1-4-12(17)9-18(21)20(13)15/h1-4,6-9,11,13H,5,10H2,(H,22,23)/t13-/m0/s1. The van der Waals surface area contributed by atoms with Crippen molar-refractivity contribution in [1.29, 1.82) is 0 Å². The van der Waals surface area contributed by atoms with Crippen molar-refractivity contribution in [3.8, 4) is 0 Å². The van der Waals surface area contributed by atoms with Crippen molar-refractivity contribution in [2.24, 2.45) is 5.92 Å². The quantitative estimate of drug-likeness (QED) is 0.901. The zero-order valence-corrected chi connectivity index (χ0v) is 12.5. The van der Waals surface area contributed by atoms with Gasteiger partial charge in [-0.2, -0.15) is 0 Å². The number of hydrogen-bond donors (Lipinski definition) is 1. The Labute approximate surface area is 133 Å². The predicted octanol–water partition coefficient (Wildman–Crippen LogP) is 4.24. The topological polar surface area (TPSA) is 42.2 Å². The molecule has 1 atom stereocenters. The Morgan fingerprint density at radius 2 is 2.17 bits per heavy atom. The maximum Gasteiger partial charge on any atom is 0.303 e. The minimum absolute atomic E-state index is 0.0322. The van der Waals surface area contributed by atoms with Crippen molar-refractivity contribution in [2.45, 2.75) is 12.8 Å². The Kier molecular flexibility index (Phi) is 2.41. The number of carboxylic acids is 1. The lowest BCUT2D eigenvalue weighted by atomic mass is 9.82. The zero-order valence-electron chi connectivity index (χ0n) is 12.5. The molecule has 0 unspecified atom stereocenters. The molecule has 3 aliphatic rings. The van der Waals surface area contributed by atoms with E-state index < -0.39 is 5.97 Å². The molecule has 1 aromatic heterocycles. The number of allylic oxidation sites excluding steroid dienone is 7. The molecule has 2 aliphatic carbocycles. The van der Waals surface area contributed by atoms with Crippen LogP contribution in [0.3, 0.4) is 0 Å². The number of aliphatic carboxylic acids is 1. The molecule has 112 valence electrons. The molecule has 23 heavy (non-hydrogen) atoms. The molecule has 5 rings (SSSR count). The average Bonchev–Trinajstić information content (AvgIpc) is 3.22. The largest absolute Gasteiger partial charge is 0.481 e. The maximum atomic E-state index is 11.3. The highest BCUT2D eigenvalue weighted by Crippen LogP contribution is 2.49. The molecule has 0 bridgehead atoms. The minimum atomic E-state index is -0.734. The number of benzene rings is 1. The van der Waals surface area contributed by atoms with Crippen LogP contribution in [0.15, 0.2) is 65.3 Å². The molecule has 1 N–H and O–H groups in total. The van der Waals surface area contributed by atoms with E-state index in [1.807, 2.05) is 12.1 Å². The number of hydrogen-bond acceptors (Lipinski definition) is 1. The summed E-state index contributed by atoms with van der Waals surface area (Å²) >= 11 is 0. The zero-order chi connectivity index (χ0) is 15.6. The number of nitrogens with zero attached hydrogens (tertiary/aromatic N) is 1. The van der Waals surface area contributed by atoms with E-state index >= 15 is 0 Å². The van der Waals surface area contributed by atoms with Crippen LogP contribution in [0.1, 0.15) is 18.5 Å². The van der Waals surface area contributed by atoms with Gasteiger partial charge in [-0.15, -0.1) is 0 Å². The Balaban J connectivity index is 1.80. The SMILES string of the molecule is O=C(O)C[C@@H]1CC=CC2=C1c1cc3ccccc3n1C=C1C=C12. The minimum Gasteiger partial charge on any atom is -0.481 e. The normalized spacial score (nSPS) is 21.1. The van der Waals surface area contributed by atoms with Crippen molar-refractivity contribution < 1.29 is 9.90 Å². The molecule has 0 spiro atoms. The third-order valence-corrected chi connectivity index (χ3v) is 4.93. The van der Waals surface area contributed by atoms with Crippen molar-refractivity contribution >= 4 is 28.6 Å². The first-order valence-corrected chi connectivity index (χ1v) is 7.89. The van der Waals surface area contributed by atoms with E-state index in [1.165, 1.54) is 33.2 Å². The lowest BCUT2D eigenvalue weighted by Gasteiger charge is -2.23. The molecule has 1 aliphatic heterocycles. The van der Waals surface area contributed by atoms with Crippen molar-refractivity contribution in [3.05, 3.63) is 71.0 Å². The van der Waals surface area contributed by atoms with Gasteiger partial charge in [0.2, 0.25) is 0 Å². The number of carbonyl (C=O) groups is 1. The van der Waals surface area contributed by atoms with E-state index in [9.17, 15) is 9.90 Å². The first kappa shape index (κ1) is 12.7. The second-order valence-corrected chi connectivity index (χ2v) is 6.36. The van der Waals surface area contributed by atoms with Gasteiger partial charge in [-0.05, 0) is 46.9 Å². The van der Waals surface area contributed by atoms with Crippen LogP contribution in [-0.2, 0) is 4.79 Å². The van der Waals surface area contributed by atoms with Gasteiger partial charge in [-0.3, -0.25) is 4.79 Å². The first-order chi connectivity index (χ1) is 11.2. The predicted molar refractivity (Wildman–Crippen MR) is 90.7 cm³/mol. The summed E-state index contributed by atoms with van der Waals surface area (Å²) in [6, 6.07) is 10.5. The fourth-order valence-electron chi connectivity index (χ4n) is 3.88. The molecule has 3 nitrogen and oxygen atoms in total. The summed E-state index contributed by atoms with van der Waals surface area (Å²) in [7, 11) is 0. The van der Waals surface area contributed by atoms with Crippen LogP contribution < -0.4 is 0 Å². The second-order valence-electron chi connectivity index (χ2n) is 6.36. The van der Waals surface area contributed by atoms with Crippen LogP contribution in [-0.4, -0.2) is 15.6 Å². The molecular weight excluding hydrogens is 286 g/mol. The fourth-order valence-corrected chi connectivity index (χ4v) is 3.88. The van der Waals surface area contributed by atoms with Crippen LogP contribution in [0, 0.1) is 5.92 Å². The Hall–Kier alpha value is -2.81. The van der Waals surface area contributed by atoms with Gasteiger partial charge < -0.3 is 9.67 Å². The number of fused-ring (bicyclic) bond motifs is 6. The highest BCUT2D eigenvalue weighted by Gasteiger charge is 2.33. The Morgan fingerprint density at radius 3 is 3.04 bits per heavy atom. The summed E-state index contributed by atoms with van der Waals surface area (Å²) in [5, 5.41) is 10.5. The third-order valence-electron chi connectivity index (χ3n) is 4.93. The van der Waals surface area contributed by atoms with E-state index in [1.54, 1.807) is 0 Å². The highest BCUT2D eigenvalue weighted by molar-refractivity contribution is 5.96. The lowest BCUT2D eigenvalue weighted by molar-refractivity contribution is -0.137. The first-order valence-electron chi connectivity index (χ1n) is 7.89. The van der Waals surface area contributed by atoms with E-state index in [2.05, 4.69) is 47.2 Å². The monoisotopic (exact) mass is 301 g/mol. The average molecular weight is 301 g/mol. The Morgan fingerprint density at radius 1 is 1.30 bits per heavy atom. The van der Waals surface area contributed by atoms with Crippen molar-refractivity contribution in [2.75, 3.05) is 0 Å². The number of carboxylic acid groups (broad SMARTS) is 1. The van der Waals surface area contributed by atoms with Gasteiger partial charge in [0.05, 0.1) is 17.6 Å². The van der Waals surface area contributed by atoms with E-state index in [-0.39, 0.29) is 12.3 Å². The fraction of sp³-hybridized carbons (Fsp3) is 0.150. The molecule has 0 radical (unpaired) electrons. The van der Waals surface area contributed by atoms with Gasteiger partial charge in [0.15, 0.2) is 0 Å². The number of rotatable bonds is 2. The summed E-state index contributed by atoms with van der Waals surface area (Å²) in [6.45, 7) is 0. The van der Waals surface area contributed by atoms with Gasteiger partial charge in [-0.1, -0.05) is 30.4 Å². The van der Waals surface area contributed by atoms with Crippen molar-refractivity contribution in [3.63, 3.8) is 0 Å². The molecule has 2 aromatic rings. The van der Waals surface area contributed by atoms with Gasteiger partial charge >= 0.3 is 5.97 Å². The summed E-state index contributed by atoms with van der Waals surface area (Å²) in [4.78, 5) is 11.3. The number of aromatic nitrogens is 1. The molecule has 0 amide bonds. The van der Waals surface area contributed by atoms with E-state index in [0.717, 1.165) is 12.1 Å². The van der Waals surface area contributed by atoms with Gasteiger partial charge in [-0.25, -0.2) is 0 Å². The van der Waals surface area contributed by atoms with Crippen molar-refractivity contribution in [1.82, 2.24) is 4.57 Å². The third kappa shape index (κ3) is 1.80. The molecule has 0 saturated carbocycles. The summed E-state index contributed by atoms with van der Waals surface area (Å²) in [5.74, 6) is -0.702. The molecule has 3 heteroatoms. The van der Waals surface area contributed by atoms with Crippen LogP contribution in [0.2, 0.25) is 0 Å². The lowest BCUT2D eigenvalue weighted by Crippen LogP contribution is -2.14. The van der Waals surface area contributed by atoms with Gasteiger partial charge in [0.25, 0.3) is 0 Å². The molecule has 0 fully saturated rings. The summed E-state index contributed by atoms with van der Waals surface area (Å²) in [6.07, 6.45) is 9.59. The highest BCUT2D eigenvalue weighted by atomic mass is 16.4. The second kappa shape index (κ2) is 4.35. The van der Waals surface area contributed by atoms with Gasteiger partial charge in [0, 0.05) is 17.5 Å². The molecule has 0 saturated heterocycles. The van der Waals surface area contributed by atoms with Crippen LogP contribution >= 0.6 is 0 Å². The van der Waals surface area contributed by atoms with Crippen LogP contribution in [0.25, 0.3) is 22.7 Å².